The third kappa shape index (κ3) is 3.81. The van der Waals surface area contributed by atoms with Crippen LogP contribution in [0, 0.1) is 24.7 Å². The summed E-state index contributed by atoms with van der Waals surface area (Å²) >= 11 is 0. The number of nitrogens with one attached hydrogen (secondary N) is 1. The number of aromatic hydroxyl groups is 1. The van der Waals surface area contributed by atoms with Crippen LogP contribution in [0.15, 0.2) is 36.4 Å². The summed E-state index contributed by atoms with van der Waals surface area (Å²) in [6.45, 7) is 2.73. The van der Waals surface area contributed by atoms with Crippen LogP contribution in [0.25, 0.3) is 0 Å². The molecule has 4 nitrogen and oxygen atoms in total. The predicted molar refractivity (Wildman–Crippen MR) is 122 cm³/mol. The summed E-state index contributed by atoms with van der Waals surface area (Å²) in [5.74, 6) is 3.46. The SMILES string of the molecule is COc1cc(C)c(C23CC4CC(CC(C4)C2)C3)cc1C(=O)NCCc1ccc(O)cc1. The summed E-state index contributed by atoms with van der Waals surface area (Å²) < 4.78 is 5.61. The van der Waals surface area contributed by atoms with E-state index >= 15 is 0 Å². The Labute approximate surface area is 185 Å². The molecule has 164 valence electrons. The van der Waals surface area contributed by atoms with E-state index < -0.39 is 0 Å². The average Bonchev–Trinajstić information content (AvgIpc) is 2.73. The van der Waals surface area contributed by atoms with Gasteiger partial charge < -0.3 is 15.2 Å². The van der Waals surface area contributed by atoms with Crippen LogP contribution in [0.1, 0.15) is 65.6 Å². The van der Waals surface area contributed by atoms with E-state index in [1.165, 1.54) is 49.7 Å². The van der Waals surface area contributed by atoms with Crippen LogP contribution in [-0.2, 0) is 11.8 Å². The Bertz CT molecular complexity index is 943. The van der Waals surface area contributed by atoms with Crippen molar-refractivity contribution in [3.63, 3.8) is 0 Å². The maximum atomic E-state index is 13.1. The molecule has 0 heterocycles. The minimum atomic E-state index is -0.0680. The van der Waals surface area contributed by atoms with Crippen molar-refractivity contribution >= 4 is 5.91 Å². The van der Waals surface area contributed by atoms with Gasteiger partial charge in [-0.3, -0.25) is 4.79 Å². The van der Waals surface area contributed by atoms with Gasteiger partial charge in [-0.25, -0.2) is 0 Å². The first-order chi connectivity index (χ1) is 15.0. The molecule has 0 radical (unpaired) electrons. The van der Waals surface area contributed by atoms with Gasteiger partial charge in [0.2, 0.25) is 0 Å². The lowest BCUT2D eigenvalue weighted by molar-refractivity contribution is -0.00549. The zero-order valence-corrected chi connectivity index (χ0v) is 18.6. The molecule has 0 saturated heterocycles. The maximum Gasteiger partial charge on any atom is 0.255 e. The summed E-state index contributed by atoms with van der Waals surface area (Å²) in [6.07, 6.45) is 8.83. The second-order valence-corrected chi connectivity index (χ2v) is 10.2. The van der Waals surface area contributed by atoms with Crippen molar-refractivity contribution in [2.75, 3.05) is 13.7 Å². The standard InChI is InChI=1S/C27H33NO3/c1-17-9-25(31-2)23(26(30)28-8-7-18-3-5-22(29)6-4-18)13-24(17)27-14-19-10-20(15-27)12-21(11-19)16-27/h3-6,9,13,19-21,29H,7-8,10-12,14-16H2,1-2H3,(H,28,30). The summed E-state index contributed by atoms with van der Waals surface area (Å²) in [4.78, 5) is 13.1. The number of phenolic OH excluding ortho intramolecular Hbond substituents is 1. The first-order valence-corrected chi connectivity index (χ1v) is 11.7. The number of hydrogen-bond acceptors (Lipinski definition) is 3. The third-order valence-corrected chi connectivity index (χ3v) is 8.04. The number of ether oxygens (including phenoxy) is 1. The van der Waals surface area contributed by atoms with Gasteiger partial charge in [-0.05, 0) is 116 Å². The van der Waals surface area contributed by atoms with Gasteiger partial charge in [-0.15, -0.1) is 0 Å². The number of carbonyl (C=O) groups is 1. The van der Waals surface area contributed by atoms with E-state index in [9.17, 15) is 9.90 Å². The highest BCUT2D eigenvalue weighted by molar-refractivity contribution is 5.97. The molecule has 6 rings (SSSR count). The Hall–Kier alpha value is -2.49. The van der Waals surface area contributed by atoms with Crippen LogP contribution in [0.4, 0.5) is 0 Å². The largest absolute Gasteiger partial charge is 0.508 e. The molecule has 0 aromatic heterocycles. The number of carbonyl (C=O) groups excluding carboxylic acids is 1. The van der Waals surface area contributed by atoms with Crippen molar-refractivity contribution in [3.8, 4) is 11.5 Å². The van der Waals surface area contributed by atoms with Crippen molar-refractivity contribution in [2.45, 2.75) is 57.3 Å². The van der Waals surface area contributed by atoms with E-state index in [0.717, 1.165) is 29.7 Å². The summed E-state index contributed by atoms with van der Waals surface area (Å²) in [7, 11) is 1.65. The van der Waals surface area contributed by atoms with Crippen molar-refractivity contribution in [1.29, 1.82) is 0 Å². The summed E-state index contributed by atoms with van der Waals surface area (Å²) in [5, 5.41) is 12.5. The fourth-order valence-electron chi connectivity index (χ4n) is 7.12. The Morgan fingerprint density at radius 3 is 2.26 bits per heavy atom. The van der Waals surface area contributed by atoms with Crippen LogP contribution in [-0.4, -0.2) is 24.7 Å². The molecule has 2 aromatic rings. The number of phenols is 1. The lowest BCUT2D eigenvalue weighted by atomic mass is 9.47. The molecular weight excluding hydrogens is 386 g/mol. The Kier molecular flexibility index (Phi) is 5.19. The number of aryl methyl sites for hydroxylation is 1. The van der Waals surface area contributed by atoms with Gasteiger partial charge in [0.15, 0.2) is 0 Å². The molecule has 4 heteroatoms. The lowest BCUT2D eigenvalue weighted by Gasteiger charge is -2.57. The number of benzene rings is 2. The van der Waals surface area contributed by atoms with E-state index in [1.54, 1.807) is 19.2 Å². The first kappa shape index (κ1) is 20.4. The highest BCUT2D eigenvalue weighted by Gasteiger charge is 2.52. The van der Waals surface area contributed by atoms with Gasteiger partial charge in [-0.1, -0.05) is 12.1 Å². The molecule has 31 heavy (non-hydrogen) atoms. The Morgan fingerprint density at radius 1 is 1.06 bits per heavy atom. The summed E-state index contributed by atoms with van der Waals surface area (Å²) in [6, 6.07) is 11.4. The number of hydrogen-bond donors (Lipinski definition) is 2. The van der Waals surface area contributed by atoms with Crippen molar-refractivity contribution < 1.29 is 14.6 Å². The Balaban J connectivity index is 1.37. The molecule has 2 N–H and O–H groups in total. The highest BCUT2D eigenvalue weighted by atomic mass is 16.5. The smallest absolute Gasteiger partial charge is 0.255 e. The highest BCUT2D eigenvalue weighted by Crippen LogP contribution is 2.61. The minimum Gasteiger partial charge on any atom is -0.508 e. The second-order valence-electron chi connectivity index (χ2n) is 10.2. The van der Waals surface area contributed by atoms with Crippen LogP contribution < -0.4 is 10.1 Å². The summed E-state index contributed by atoms with van der Waals surface area (Å²) in [5.41, 5.74) is 4.65. The normalized spacial score (nSPS) is 28.5. The number of methoxy groups -OCH3 is 1. The van der Waals surface area contributed by atoms with Gasteiger partial charge in [0.1, 0.15) is 11.5 Å². The molecule has 2 aromatic carbocycles. The first-order valence-electron chi connectivity index (χ1n) is 11.7. The molecule has 0 unspecified atom stereocenters. The minimum absolute atomic E-state index is 0.0680. The maximum absolute atomic E-state index is 13.1. The van der Waals surface area contributed by atoms with Crippen molar-refractivity contribution in [1.82, 2.24) is 5.32 Å². The fourth-order valence-corrected chi connectivity index (χ4v) is 7.12. The second kappa shape index (κ2) is 7.89. The average molecular weight is 420 g/mol. The van der Waals surface area contributed by atoms with Gasteiger partial charge in [0.25, 0.3) is 5.91 Å². The quantitative estimate of drug-likeness (QED) is 0.681. The van der Waals surface area contributed by atoms with Gasteiger partial charge in [-0.2, -0.15) is 0 Å². The number of amides is 1. The van der Waals surface area contributed by atoms with E-state index in [2.05, 4.69) is 24.4 Å². The van der Waals surface area contributed by atoms with Crippen LogP contribution in [0.3, 0.4) is 0 Å². The molecule has 4 aliphatic carbocycles. The predicted octanol–water partition coefficient (Wildman–Crippen LogP) is 5.15. The molecule has 4 bridgehead atoms. The lowest BCUT2D eigenvalue weighted by Crippen LogP contribution is -2.49. The molecule has 0 spiro atoms. The van der Waals surface area contributed by atoms with Gasteiger partial charge >= 0.3 is 0 Å². The zero-order valence-electron chi connectivity index (χ0n) is 18.6. The monoisotopic (exact) mass is 419 g/mol. The Morgan fingerprint density at radius 2 is 1.68 bits per heavy atom. The molecule has 4 aliphatic rings. The van der Waals surface area contributed by atoms with Crippen LogP contribution >= 0.6 is 0 Å². The van der Waals surface area contributed by atoms with Gasteiger partial charge in [0.05, 0.1) is 12.7 Å². The molecule has 0 atom stereocenters. The van der Waals surface area contributed by atoms with Crippen molar-refractivity contribution in [3.05, 3.63) is 58.7 Å². The molecule has 4 fully saturated rings. The molecule has 0 aliphatic heterocycles. The van der Waals surface area contributed by atoms with Crippen LogP contribution in [0.2, 0.25) is 0 Å². The zero-order chi connectivity index (χ0) is 21.6. The molecular formula is C27H33NO3. The van der Waals surface area contributed by atoms with E-state index in [0.29, 0.717) is 17.9 Å². The van der Waals surface area contributed by atoms with E-state index in [1.807, 2.05) is 12.1 Å². The van der Waals surface area contributed by atoms with Crippen LogP contribution in [0.5, 0.6) is 11.5 Å². The molecule has 1 amide bonds. The van der Waals surface area contributed by atoms with Gasteiger partial charge in [0, 0.05) is 6.54 Å². The molecule has 4 saturated carbocycles. The third-order valence-electron chi connectivity index (χ3n) is 8.04. The fraction of sp³-hybridized carbons (Fsp3) is 0.519. The topological polar surface area (TPSA) is 58.6 Å². The van der Waals surface area contributed by atoms with E-state index in [-0.39, 0.29) is 17.1 Å². The van der Waals surface area contributed by atoms with E-state index in [4.69, 9.17) is 4.74 Å². The number of rotatable bonds is 6. The van der Waals surface area contributed by atoms with Crippen molar-refractivity contribution in [2.24, 2.45) is 17.8 Å².